The lowest BCUT2D eigenvalue weighted by Crippen LogP contribution is -2.41. The van der Waals surface area contributed by atoms with E-state index in [0.717, 1.165) is 5.92 Å². The van der Waals surface area contributed by atoms with Gasteiger partial charge in [-0.05, 0) is 58.7 Å². The Morgan fingerprint density at radius 2 is 1.67 bits per heavy atom. The van der Waals surface area contributed by atoms with Crippen molar-refractivity contribution in [2.45, 2.75) is 91.0 Å². The smallest absolute Gasteiger partial charge is 0.00387 e. The molecule has 1 N–H and O–H groups in total. The Kier molecular flexibility index (Phi) is 11.3. The van der Waals surface area contributed by atoms with Crippen LogP contribution in [0.15, 0.2) is 0 Å². The molecular formula is C19H40N2. The summed E-state index contributed by atoms with van der Waals surface area (Å²) in [4.78, 5) is 2.72. The molecule has 0 amide bonds. The molecule has 1 heterocycles. The maximum atomic E-state index is 3.55. The van der Waals surface area contributed by atoms with Gasteiger partial charge in [-0.25, -0.2) is 0 Å². The number of nitrogens with zero attached hydrogens (tertiary/aromatic N) is 1. The van der Waals surface area contributed by atoms with Crippen LogP contribution in [0.3, 0.4) is 0 Å². The SMILES string of the molecule is CCCCCCCCCCN(CC1CCCNC1)C(C)C. The number of hydrogen-bond acceptors (Lipinski definition) is 2. The minimum Gasteiger partial charge on any atom is -0.316 e. The third-order valence-corrected chi connectivity index (χ3v) is 4.92. The van der Waals surface area contributed by atoms with Crippen LogP contribution in [0.4, 0.5) is 0 Å². The van der Waals surface area contributed by atoms with E-state index in [1.54, 1.807) is 0 Å². The second kappa shape index (κ2) is 12.5. The number of nitrogens with one attached hydrogen (secondary N) is 1. The van der Waals surface area contributed by atoms with Crippen molar-refractivity contribution >= 4 is 0 Å². The Labute approximate surface area is 134 Å². The standard InChI is InChI=1S/C19H40N2/c1-4-5-6-7-8-9-10-11-15-21(18(2)3)17-19-13-12-14-20-16-19/h18-20H,4-17H2,1-3H3. The minimum absolute atomic E-state index is 0.705. The zero-order chi connectivity index (χ0) is 15.3. The second-order valence-electron chi connectivity index (χ2n) is 7.28. The molecule has 1 fully saturated rings. The first-order valence-corrected chi connectivity index (χ1v) is 9.68. The van der Waals surface area contributed by atoms with E-state index >= 15 is 0 Å². The minimum atomic E-state index is 0.705. The molecule has 0 aromatic carbocycles. The van der Waals surface area contributed by atoms with Crippen molar-refractivity contribution < 1.29 is 0 Å². The lowest BCUT2D eigenvalue weighted by Gasteiger charge is -2.32. The van der Waals surface area contributed by atoms with Gasteiger partial charge in [-0.1, -0.05) is 51.9 Å². The van der Waals surface area contributed by atoms with Gasteiger partial charge in [0.15, 0.2) is 0 Å². The van der Waals surface area contributed by atoms with E-state index < -0.39 is 0 Å². The highest BCUT2D eigenvalue weighted by Crippen LogP contribution is 2.15. The van der Waals surface area contributed by atoms with Crippen molar-refractivity contribution in [3.63, 3.8) is 0 Å². The Bertz CT molecular complexity index is 222. The van der Waals surface area contributed by atoms with Gasteiger partial charge in [0.25, 0.3) is 0 Å². The van der Waals surface area contributed by atoms with Crippen LogP contribution in [0, 0.1) is 5.92 Å². The molecule has 2 heteroatoms. The molecule has 1 aliphatic heterocycles. The second-order valence-corrected chi connectivity index (χ2v) is 7.28. The van der Waals surface area contributed by atoms with Crippen LogP contribution in [0.2, 0.25) is 0 Å². The molecule has 0 aliphatic carbocycles. The first-order valence-electron chi connectivity index (χ1n) is 9.68. The quantitative estimate of drug-likeness (QED) is 0.519. The fourth-order valence-electron chi connectivity index (χ4n) is 3.42. The summed E-state index contributed by atoms with van der Waals surface area (Å²) in [5.41, 5.74) is 0. The summed E-state index contributed by atoms with van der Waals surface area (Å²) in [5.74, 6) is 0.884. The van der Waals surface area contributed by atoms with Gasteiger partial charge in [-0.3, -0.25) is 0 Å². The van der Waals surface area contributed by atoms with Crippen LogP contribution in [-0.2, 0) is 0 Å². The number of hydrogen-bond donors (Lipinski definition) is 1. The third kappa shape index (κ3) is 9.52. The maximum Gasteiger partial charge on any atom is 0.00387 e. The van der Waals surface area contributed by atoms with Gasteiger partial charge < -0.3 is 10.2 Å². The van der Waals surface area contributed by atoms with Crippen molar-refractivity contribution in [3.05, 3.63) is 0 Å². The Morgan fingerprint density at radius 1 is 1.00 bits per heavy atom. The average molecular weight is 297 g/mol. The van der Waals surface area contributed by atoms with Crippen molar-refractivity contribution in [3.8, 4) is 0 Å². The van der Waals surface area contributed by atoms with Crippen LogP contribution in [0.5, 0.6) is 0 Å². The van der Waals surface area contributed by atoms with Gasteiger partial charge >= 0.3 is 0 Å². The summed E-state index contributed by atoms with van der Waals surface area (Å²) in [7, 11) is 0. The zero-order valence-electron chi connectivity index (χ0n) is 15.0. The highest BCUT2D eigenvalue weighted by Gasteiger charge is 2.18. The molecule has 0 aromatic heterocycles. The van der Waals surface area contributed by atoms with Gasteiger partial charge in [-0.2, -0.15) is 0 Å². The molecule has 1 atom stereocenters. The zero-order valence-corrected chi connectivity index (χ0v) is 15.0. The molecule has 126 valence electrons. The highest BCUT2D eigenvalue weighted by atomic mass is 15.1. The first kappa shape index (κ1) is 19.0. The van der Waals surface area contributed by atoms with Crippen LogP contribution in [0.1, 0.15) is 85.0 Å². The van der Waals surface area contributed by atoms with Gasteiger partial charge in [0, 0.05) is 12.6 Å². The fourth-order valence-corrected chi connectivity index (χ4v) is 3.42. The molecule has 0 spiro atoms. The molecular weight excluding hydrogens is 256 g/mol. The molecule has 21 heavy (non-hydrogen) atoms. The van der Waals surface area contributed by atoms with E-state index in [-0.39, 0.29) is 0 Å². The molecule has 0 bridgehead atoms. The lowest BCUT2D eigenvalue weighted by atomic mass is 9.98. The molecule has 0 radical (unpaired) electrons. The van der Waals surface area contributed by atoms with E-state index in [1.807, 2.05) is 0 Å². The summed E-state index contributed by atoms with van der Waals surface area (Å²) >= 11 is 0. The van der Waals surface area contributed by atoms with E-state index in [9.17, 15) is 0 Å². The molecule has 1 rings (SSSR count). The van der Waals surface area contributed by atoms with Crippen molar-refractivity contribution in [2.24, 2.45) is 5.92 Å². The molecule has 1 aliphatic rings. The molecule has 1 unspecified atom stereocenters. The molecule has 0 saturated carbocycles. The van der Waals surface area contributed by atoms with E-state index in [0.29, 0.717) is 6.04 Å². The summed E-state index contributed by atoms with van der Waals surface area (Å²) < 4.78 is 0. The van der Waals surface area contributed by atoms with Crippen LogP contribution in [-0.4, -0.2) is 37.1 Å². The van der Waals surface area contributed by atoms with Crippen molar-refractivity contribution in [2.75, 3.05) is 26.2 Å². The molecule has 0 aromatic rings. The van der Waals surface area contributed by atoms with Crippen molar-refractivity contribution in [1.29, 1.82) is 0 Å². The predicted octanol–water partition coefficient (Wildman–Crippen LogP) is 4.84. The third-order valence-electron chi connectivity index (χ3n) is 4.92. The Morgan fingerprint density at radius 3 is 2.24 bits per heavy atom. The topological polar surface area (TPSA) is 15.3 Å². The van der Waals surface area contributed by atoms with E-state index in [4.69, 9.17) is 0 Å². The largest absolute Gasteiger partial charge is 0.316 e. The van der Waals surface area contributed by atoms with Crippen molar-refractivity contribution in [1.82, 2.24) is 10.2 Å². The van der Waals surface area contributed by atoms with Crippen LogP contribution in [0.25, 0.3) is 0 Å². The Hall–Kier alpha value is -0.0800. The average Bonchev–Trinajstić information content (AvgIpc) is 2.49. The summed E-state index contributed by atoms with van der Waals surface area (Å²) in [5, 5.41) is 3.55. The van der Waals surface area contributed by atoms with E-state index in [1.165, 1.54) is 90.4 Å². The first-order chi connectivity index (χ1) is 10.2. The highest BCUT2D eigenvalue weighted by molar-refractivity contribution is 4.74. The summed E-state index contributed by atoms with van der Waals surface area (Å²) in [6.45, 7) is 12.1. The van der Waals surface area contributed by atoms with Crippen LogP contribution >= 0.6 is 0 Å². The van der Waals surface area contributed by atoms with Gasteiger partial charge in [0.1, 0.15) is 0 Å². The lowest BCUT2D eigenvalue weighted by molar-refractivity contribution is 0.168. The maximum absolute atomic E-state index is 3.55. The number of piperidine rings is 1. The van der Waals surface area contributed by atoms with Gasteiger partial charge in [0.05, 0.1) is 0 Å². The van der Waals surface area contributed by atoms with E-state index in [2.05, 4.69) is 31.0 Å². The molecule has 2 nitrogen and oxygen atoms in total. The summed E-state index contributed by atoms with van der Waals surface area (Å²) in [6.07, 6.45) is 14.2. The Balaban J connectivity index is 2.05. The van der Waals surface area contributed by atoms with Crippen LogP contribution < -0.4 is 5.32 Å². The van der Waals surface area contributed by atoms with Gasteiger partial charge in [0.2, 0.25) is 0 Å². The fraction of sp³-hybridized carbons (Fsp3) is 1.00. The monoisotopic (exact) mass is 296 g/mol. The molecule has 1 saturated heterocycles. The number of rotatable bonds is 12. The normalized spacial score (nSPS) is 19.6. The number of unbranched alkanes of at least 4 members (excludes halogenated alkanes) is 7. The predicted molar refractivity (Wildman–Crippen MR) is 94.9 cm³/mol. The van der Waals surface area contributed by atoms with Gasteiger partial charge in [-0.15, -0.1) is 0 Å². The summed E-state index contributed by atoms with van der Waals surface area (Å²) in [6, 6.07) is 0.705.